The van der Waals surface area contributed by atoms with Crippen LogP contribution in [0.2, 0.25) is 0 Å². The lowest BCUT2D eigenvalue weighted by Gasteiger charge is -2.16. The molecule has 0 aliphatic carbocycles. The highest BCUT2D eigenvalue weighted by Crippen LogP contribution is 2.34. The predicted molar refractivity (Wildman–Crippen MR) is 87.9 cm³/mol. The molecule has 2 aromatic carbocycles. The Morgan fingerprint density at radius 3 is 2.39 bits per heavy atom. The minimum atomic E-state index is -0.769. The summed E-state index contributed by atoms with van der Waals surface area (Å²) in [6.45, 7) is 4.00. The number of nitrogens with zero attached hydrogens (tertiary/aromatic N) is 1. The Hall–Kier alpha value is -2.95. The average molecular weight is 311 g/mol. The monoisotopic (exact) mass is 311 g/mol. The van der Waals surface area contributed by atoms with Crippen LogP contribution in [-0.4, -0.2) is 18.0 Å². The highest BCUT2D eigenvalue weighted by atomic mass is 16.6. The van der Waals surface area contributed by atoms with E-state index in [1.807, 2.05) is 30.3 Å². The SMILES string of the molecule is C=C(CC(C(=O)OC)c1ccccc1[N+](=O)[O-])c1ccccc1. The second kappa shape index (κ2) is 7.35. The van der Waals surface area contributed by atoms with Gasteiger partial charge in [-0.15, -0.1) is 0 Å². The number of para-hydroxylation sites is 1. The Morgan fingerprint density at radius 2 is 1.78 bits per heavy atom. The maximum Gasteiger partial charge on any atom is 0.313 e. The zero-order valence-corrected chi connectivity index (χ0v) is 12.8. The molecule has 5 nitrogen and oxygen atoms in total. The summed E-state index contributed by atoms with van der Waals surface area (Å²) in [6.07, 6.45) is 0.252. The van der Waals surface area contributed by atoms with E-state index in [2.05, 4.69) is 6.58 Å². The maximum atomic E-state index is 12.2. The van der Waals surface area contributed by atoms with Crippen molar-refractivity contribution in [3.8, 4) is 0 Å². The van der Waals surface area contributed by atoms with Gasteiger partial charge in [0.15, 0.2) is 0 Å². The van der Waals surface area contributed by atoms with Crippen molar-refractivity contribution < 1.29 is 14.5 Å². The number of nitro groups is 1. The molecule has 1 atom stereocenters. The summed E-state index contributed by atoms with van der Waals surface area (Å²) >= 11 is 0. The fourth-order valence-electron chi connectivity index (χ4n) is 2.45. The molecule has 2 aromatic rings. The summed E-state index contributed by atoms with van der Waals surface area (Å²) in [7, 11) is 1.27. The van der Waals surface area contributed by atoms with Gasteiger partial charge in [-0.05, 0) is 17.6 Å². The molecule has 0 heterocycles. The molecule has 0 aliphatic heterocycles. The lowest BCUT2D eigenvalue weighted by molar-refractivity contribution is -0.385. The van der Waals surface area contributed by atoms with Crippen LogP contribution >= 0.6 is 0 Å². The predicted octanol–water partition coefficient (Wildman–Crippen LogP) is 3.95. The lowest BCUT2D eigenvalue weighted by Crippen LogP contribution is -2.16. The number of allylic oxidation sites excluding steroid dienone is 1. The molecule has 0 fully saturated rings. The molecule has 0 radical (unpaired) electrons. The molecule has 2 rings (SSSR count). The fourth-order valence-corrected chi connectivity index (χ4v) is 2.45. The standard InChI is InChI=1S/C18H17NO4/c1-13(14-8-4-3-5-9-14)12-16(18(20)23-2)15-10-6-7-11-17(15)19(21)22/h3-11,16H,1,12H2,2H3. The fraction of sp³-hybridized carbons (Fsp3) is 0.167. The number of carbonyl (C=O) groups excluding carboxylic acids is 1. The Kier molecular flexibility index (Phi) is 5.25. The number of rotatable bonds is 6. The van der Waals surface area contributed by atoms with Crippen molar-refractivity contribution in [2.75, 3.05) is 7.11 Å². The van der Waals surface area contributed by atoms with Crippen LogP contribution in [0.15, 0.2) is 61.2 Å². The third-order valence-electron chi connectivity index (χ3n) is 3.63. The molecule has 1 unspecified atom stereocenters. The summed E-state index contributed by atoms with van der Waals surface area (Å²) in [5, 5.41) is 11.2. The first-order valence-electron chi connectivity index (χ1n) is 7.09. The van der Waals surface area contributed by atoms with Crippen molar-refractivity contribution in [3.05, 3.63) is 82.4 Å². The topological polar surface area (TPSA) is 69.4 Å². The second-order valence-corrected chi connectivity index (χ2v) is 5.07. The zero-order valence-electron chi connectivity index (χ0n) is 12.8. The summed E-state index contributed by atoms with van der Waals surface area (Å²) in [5.41, 5.74) is 1.85. The minimum absolute atomic E-state index is 0.0937. The molecule has 0 aromatic heterocycles. The molecule has 0 saturated carbocycles. The third-order valence-corrected chi connectivity index (χ3v) is 3.63. The van der Waals surface area contributed by atoms with Gasteiger partial charge in [-0.3, -0.25) is 14.9 Å². The molecule has 118 valence electrons. The quantitative estimate of drug-likeness (QED) is 0.460. The van der Waals surface area contributed by atoms with Gasteiger partial charge >= 0.3 is 5.97 Å². The molecule has 5 heteroatoms. The van der Waals surface area contributed by atoms with Gasteiger partial charge in [0.1, 0.15) is 0 Å². The van der Waals surface area contributed by atoms with Gasteiger partial charge < -0.3 is 4.74 Å². The summed E-state index contributed by atoms with van der Waals surface area (Å²) in [6, 6.07) is 15.6. The van der Waals surface area contributed by atoms with E-state index < -0.39 is 16.8 Å². The molecule has 0 N–H and O–H groups in total. The summed E-state index contributed by atoms with van der Waals surface area (Å²) < 4.78 is 4.84. The van der Waals surface area contributed by atoms with Gasteiger partial charge in [0.25, 0.3) is 5.69 Å². The van der Waals surface area contributed by atoms with Crippen LogP contribution in [0.25, 0.3) is 5.57 Å². The number of esters is 1. The first-order valence-corrected chi connectivity index (χ1v) is 7.09. The number of methoxy groups -OCH3 is 1. The molecule has 0 saturated heterocycles. The molecule has 23 heavy (non-hydrogen) atoms. The van der Waals surface area contributed by atoms with Crippen molar-refractivity contribution in [3.63, 3.8) is 0 Å². The number of hydrogen-bond donors (Lipinski definition) is 0. The Bertz CT molecular complexity index is 725. The van der Waals surface area contributed by atoms with Crippen LogP contribution in [0, 0.1) is 10.1 Å². The van der Waals surface area contributed by atoms with Crippen LogP contribution in [-0.2, 0) is 9.53 Å². The Balaban J connectivity index is 2.37. The molecule has 0 aliphatic rings. The van der Waals surface area contributed by atoms with Gasteiger partial charge in [-0.2, -0.15) is 0 Å². The first-order chi connectivity index (χ1) is 11.0. The van der Waals surface area contributed by atoms with E-state index in [9.17, 15) is 14.9 Å². The van der Waals surface area contributed by atoms with E-state index in [4.69, 9.17) is 4.74 Å². The maximum absolute atomic E-state index is 12.2. The van der Waals surface area contributed by atoms with Gasteiger partial charge in [0.05, 0.1) is 18.0 Å². The van der Waals surface area contributed by atoms with Crippen molar-refractivity contribution in [2.45, 2.75) is 12.3 Å². The van der Waals surface area contributed by atoms with E-state index in [1.165, 1.54) is 13.2 Å². The van der Waals surface area contributed by atoms with Crippen LogP contribution < -0.4 is 0 Å². The molecule has 0 spiro atoms. The van der Waals surface area contributed by atoms with E-state index in [0.717, 1.165) is 11.1 Å². The number of carbonyl (C=O) groups is 1. The smallest absolute Gasteiger partial charge is 0.313 e. The molecule has 0 bridgehead atoms. The second-order valence-electron chi connectivity index (χ2n) is 5.07. The van der Waals surface area contributed by atoms with E-state index in [-0.39, 0.29) is 12.1 Å². The Labute approximate surface area is 134 Å². The number of benzene rings is 2. The lowest BCUT2D eigenvalue weighted by atomic mass is 9.89. The average Bonchev–Trinajstić information content (AvgIpc) is 2.59. The van der Waals surface area contributed by atoms with Gasteiger partial charge in [-0.1, -0.05) is 55.1 Å². The molecule has 0 amide bonds. The van der Waals surface area contributed by atoms with Crippen molar-refractivity contribution in [2.24, 2.45) is 0 Å². The highest BCUT2D eigenvalue weighted by molar-refractivity contribution is 5.82. The van der Waals surface area contributed by atoms with Crippen LogP contribution in [0.5, 0.6) is 0 Å². The van der Waals surface area contributed by atoms with E-state index >= 15 is 0 Å². The summed E-state index contributed by atoms with van der Waals surface area (Å²) in [5.74, 6) is -1.29. The number of hydrogen-bond acceptors (Lipinski definition) is 4. The van der Waals surface area contributed by atoms with Crippen LogP contribution in [0.3, 0.4) is 0 Å². The third kappa shape index (κ3) is 3.83. The minimum Gasteiger partial charge on any atom is -0.469 e. The van der Waals surface area contributed by atoms with Crippen molar-refractivity contribution in [1.29, 1.82) is 0 Å². The Morgan fingerprint density at radius 1 is 1.17 bits per heavy atom. The zero-order chi connectivity index (χ0) is 16.8. The molecular formula is C18H17NO4. The largest absolute Gasteiger partial charge is 0.469 e. The van der Waals surface area contributed by atoms with Crippen molar-refractivity contribution in [1.82, 2.24) is 0 Å². The number of nitro benzene ring substituents is 1. The highest BCUT2D eigenvalue weighted by Gasteiger charge is 2.29. The summed E-state index contributed by atoms with van der Waals surface area (Å²) in [4.78, 5) is 22.9. The molecular weight excluding hydrogens is 294 g/mol. The normalized spacial score (nSPS) is 11.5. The van der Waals surface area contributed by atoms with Crippen molar-refractivity contribution >= 4 is 17.2 Å². The van der Waals surface area contributed by atoms with Gasteiger partial charge in [0, 0.05) is 11.6 Å². The van der Waals surface area contributed by atoms with E-state index in [0.29, 0.717) is 5.56 Å². The van der Waals surface area contributed by atoms with Gasteiger partial charge in [0.2, 0.25) is 0 Å². The van der Waals surface area contributed by atoms with E-state index in [1.54, 1.807) is 18.2 Å². The van der Waals surface area contributed by atoms with Crippen LogP contribution in [0.4, 0.5) is 5.69 Å². The van der Waals surface area contributed by atoms with Gasteiger partial charge in [-0.25, -0.2) is 0 Å². The first kappa shape index (κ1) is 16.4. The van der Waals surface area contributed by atoms with Crippen LogP contribution in [0.1, 0.15) is 23.5 Å². The number of ether oxygens (including phenoxy) is 1.